The molecule has 0 aromatic heterocycles. The van der Waals surface area contributed by atoms with Gasteiger partial charge in [0.15, 0.2) is 0 Å². The summed E-state index contributed by atoms with van der Waals surface area (Å²) in [6.45, 7) is 4.44. The number of carbonyl (C=O) groups excluding carboxylic acids is 5. The van der Waals surface area contributed by atoms with Crippen molar-refractivity contribution < 1.29 is 38.6 Å². The molecule has 15 heteroatoms. The third-order valence-corrected chi connectivity index (χ3v) is 11.0. The Bertz CT molecular complexity index is 1680. The highest BCUT2D eigenvalue weighted by molar-refractivity contribution is 9.10. The number of rotatable bonds is 6. The van der Waals surface area contributed by atoms with Gasteiger partial charge < -0.3 is 4.74 Å². The minimum Gasteiger partial charge on any atom is -0.463 e. The van der Waals surface area contributed by atoms with E-state index in [9.17, 15) is 44.2 Å². The molecular formula is C29H23BrN4O10. The van der Waals surface area contributed by atoms with Gasteiger partial charge in [-0.05, 0) is 31.6 Å². The number of para-hydroxylation sites is 4. The maximum Gasteiger partial charge on any atom is 0.334 e. The van der Waals surface area contributed by atoms with Gasteiger partial charge in [-0.3, -0.25) is 39.4 Å². The van der Waals surface area contributed by atoms with Crippen LogP contribution in [0.3, 0.4) is 0 Å². The molecule has 0 N–H and O–H groups in total. The van der Waals surface area contributed by atoms with E-state index in [-0.39, 0.29) is 29.1 Å². The number of esters is 1. The van der Waals surface area contributed by atoms with Crippen molar-refractivity contribution in [2.75, 3.05) is 16.4 Å². The van der Waals surface area contributed by atoms with E-state index in [4.69, 9.17) is 4.74 Å². The molecule has 6 atom stereocenters. The molecule has 44 heavy (non-hydrogen) atoms. The van der Waals surface area contributed by atoms with E-state index >= 15 is 0 Å². The van der Waals surface area contributed by atoms with Crippen LogP contribution in [0.15, 0.2) is 59.7 Å². The van der Waals surface area contributed by atoms with Crippen LogP contribution in [-0.4, -0.2) is 50.4 Å². The Morgan fingerprint density at radius 3 is 1.59 bits per heavy atom. The van der Waals surface area contributed by atoms with Gasteiger partial charge in [0.2, 0.25) is 23.6 Å². The van der Waals surface area contributed by atoms with E-state index in [2.05, 4.69) is 15.9 Å². The van der Waals surface area contributed by atoms with Gasteiger partial charge in [0.1, 0.15) is 11.4 Å². The average molecular weight is 667 g/mol. The molecule has 2 aromatic rings. The standard InChI is InChI=1S/C29H23BrN4O10/c1-4-44-27(39)18-13(2)29(30)21-19(23(35)31(25(21)37)14-9-5-7-11-16(14)33(40)41)28(18,3)20-22(29)26(38)32(24(20)36)15-10-6-8-12-17(15)34(42)43/h5-12,19-22H,4H2,1-3H3/t19-,20+,21+,22-,28?,29?. The van der Waals surface area contributed by atoms with Crippen LogP contribution >= 0.6 is 15.9 Å². The number of nitro groups is 2. The lowest BCUT2D eigenvalue weighted by molar-refractivity contribution is -0.384. The molecule has 2 bridgehead atoms. The van der Waals surface area contributed by atoms with Crippen LogP contribution in [0, 0.1) is 49.3 Å². The minimum atomic E-state index is -1.82. The second-order valence-electron chi connectivity index (χ2n) is 11.2. The fraction of sp³-hybridized carbons (Fsp3) is 0.345. The average Bonchev–Trinajstić information content (AvgIpc) is 3.41. The zero-order valence-electron chi connectivity index (χ0n) is 23.4. The first-order valence-corrected chi connectivity index (χ1v) is 14.4. The van der Waals surface area contributed by atoms with Gasteiger partial charge in [-0.2, -0.15) is 0 Å². The number of allylic oxidation sites excluding steroid dienone is 1. The first-order chi connectivity index (χ1) is 20.8. The Morgan fingerprint density at radius 1 is 0.818 bits per heavy atom. The monoisotopic (exact) mass is 666 g/mol. The van der Waals surface area contributed by atoms with Crippen LogP contribution in [0.2, 0.25) is 0 Å². The molecule has 226 valence electrons. The smallest absolute Gasteiger partial charge is 0.334 e. The summed E-state index contributed by atoms with van der Waals surface area (Å²) in [7, 11) is 0. The van der Waals surface area contributed by atoms with Crippen molar-refractivity contribution in [1.29, 1.82) is 0 Å². The summed E-state index contributed by atoms with van der Waals surface area (Å²) in [6, 6.07) is 10.4. The van der Waals surface area contributed by atoms with Crippen LogP contribution < -0.4 is 9.80 Å². The Balaban J connectivity index is 1.61. The maximum absolute atomic E-state index is 14.4. The highest BCUT2D eigenvalue weighted by Crippen LogP contribution is 2.73. The van der Waals surface area contributed by atoms with Crippen molar-refractivity contribution in [3.63, 3.8) is 0 Å². The molecule has 7 rings (SSSR count). The topological polar surface area (TPSA) is 187 Å². The van der Waals surface area contributed by atoms with Crippen LogP contribution in [0.4, 0.5) is 22.7 Å². The van der Waals surface area contributed by atoms with Crippen molar-refractivity contribution in [2.45, 2.75) is 25.1 Å². The summed E-state index contributed by atoms with van der Waals surface area (Å²) < 4.78 is 3.54. The molecular weight excluding hydrogens is 644 g/mol. The number of nitro benzene ring substituents is 2. The number of hydrogen-bond acceptors (Lipinski definition) is 10. The molecule has 0 radical (unpaired) electrons. The number of hydrogen-bond donors (Lipinski definition) is 0. The Labute approximate surface area is 257 Å². The number of anilines is 2. The first kappa shape index (κ1) is 29.3. The van der Waals surface area contributed by atoms with E-state index in [1.807, 2.05) is 0 Å². The summed E-state index contributed by atoms with van der Waals surface area (Å²) in [6.07, 6.45) is 0. The predicted octanol–water partition coefficient (Wildman–Crippen LogP) is 3.46. The second-order valence-corrected chi connectivity index (χ2v) is 12.5. The fourth-order valence-electron chi connectivity index (χ4n) is 7.82. The predicted molar refractivity (Wildman–Crippen MR) is 154 cm³/mol. The number of nitrogens with zero attached hydrogens (tertiary/aromatic N) is 4. The fourth-order valence-corrected chi connectivity index (χ4v) is 8.94. The molecule has 4 amide bonds. The van der Waals surface area contributed by atoms with Crippen molar-refractivity contribution in [3.05, 3.63) is 79.9 Å². The van der Waals surface area contributed by atoms with Gasteiger partial charge >= 0.3 is 5.97 Å². The summed E-state index contributed by atoms with van der Waals surface area (Å²) in [5.74, 6) is -9.96. The van der Waals surface area contributed by atoms with Crippen LogP contribution in [0.5, 0.6) is 0 Å². The lowest BCUT2D eigenvalue weighted by atomic mass is 9.43. The van der Waals surface area contributed by atoms with E-state index in [0.29, 0.717) is 9.80 Å². The molecule has 2 aromatic carbocycles. The van der Waals surface area contributed by atoms with Crippen molar-refractivity contribution in [1.82, 2.24) is 0 Å². The van der Waals surface area contributed by atoms with Gasteiger partial charge in [0.05, 0.1) is 44.4 Å². The zero-order chi connectivity index (χ0) is 32.0. The van der Waals surface area contributed by atoms with E-state index in [0.717, 1.165) is 12.1 Å². The van der Waals surface area contributed by atoms with Gasteiger partial charge in [-0.15, -0.1) is 0 Å². The van der Waals surface area contributed by atoms with Gasteiger partial charge in [-0.1, -0.05) is 47.1 Å². The molecule has 3 aliphatic carbocycles. The molecule has 2 saturated heterocycles. The molecule has 2 aliphatic heterocycles. The van der Waals surface area contributed by atoms with Crippen molar-refractivity contribution >= 4 is 68.3 Å². The Morgan fingerprint density at radius 2 is 1.20 bits per heavy atom. The van der Waals surface area contributed by atoms with Crippen LogP contribution in [0.1, 0.15) is 20.8 Å². The molecule has 2 heterocycles. The SMILES string of the molecule is CCOC(=O)C1=C(C)C2(Br)[C@@H]3C(=O)N(c4ccccc4[N+](=O)[O-])C(=O)[C@@H]3C1(C)[C@@H]1C(=O)N(c3ccccc3[N+](=O)[O-])C(=O)[C@@H]12. The molecule has 0 spiro atoms. The quantitative estimate of drug-likeness (QED) is 0.145. The molecule has 1 saturated carbocycles. The van der Waals surface area contributed by atoms with E-state index < -0.39 is 84.2 Å². The van der Waals surface area contributed by atoms with Crippen molar-refractivity contribution in [3.8, 4) is 0 Å². The van der Waals surface area contributed by atoms with E-state index in [1.54, 1.807) is 6.92 Å². The number of imide groups is 2. The molecule has 3 fully saturated rings. The first-order valence-electron chi connectivity index (χ1n) is 13.6. The third-order valence-electron chi connectivity index (χ3n) is 9.42. The summed E-state index contributed by atoms with van der Waals surface area (Å²) in [4.78, 5) is 94.5. The number of alkyl halides is 1. The highest BCUT2D eigenvalue weighted by Gasteiger charge is 2.82. The summed E-state index contributed by atoms with van der Waals surface area (Å²) in [5.41, 5.74) is -3.32. The summed E-state index contributed by atoms with van der Waals surface area (Å²) in [5, 5.41) is 23.7. The number of amides is 4. The molecule has 2 unspecified atom stereocenters. The normalized spacial score (nSPS) is 30.5. The minimum absolute atomic E-state index is 0.0619. The lowest BCUT2D eigenvalue weighted by Crippen LogP contribution is -2.67. The lowest BCUT2D eigenvalue weighted by Gasteiger charge is -2.59. The zero-order valence-corrected chi connectivity index (χ0v) is 25.0. The van der Waals surface area contributed by atoms with Crippen molar-refractivity contribution in [2.24, 2.45) is 29.1 Å². The summed E-state index contributed by atoms with van der Waals surface area (Å²) >= 11 is 3.59. The maximum atomic E-state index is 14.4. The second kappa shape index (κ2) is 9.61. The Hall–Kier alpha value is -4.79. The van der Waals surface area contributed by atoms with Crippen LogP contribution in [0.25, 0.3) is 0 Å². The van der Waals surface area contributed by atoms with Crippen LogP contribution in [-0.2, 0) is 28.7 Å². The van der Waals surface area contributed by atoms with Gasteiger partial charge in [-0.25, -0.2) is 14.6 Å². The largest absolute Gasteiger partial charge is 0.463 e. The number of carbonyl (C=O) groups is 5. The van der Waals surface area contributed by atoms with E-state index in [1.165, 1.54) is 50.2 Å². The van der Waals surface area contributed by atoms with Gasteiger partial charge in [0, 0.05) is 23.1 Å². The molecule has 14 nitrogen and oxygen atoms in total. The third kappa shape index (κ3) is 3.38. The highest BCUT2D eigenvalue weighted by atomic mass is 79.9. The number of halogens is 1. The van der Waals surface area contributed by atoms with Gasteiger partial charge in [0.25, 0.3) is 11.4 Å². The number of ether oxygens (including phenoxy) is 1. The number of benzene rings is 2. The Kier molecular flexibility index (Phi) is 6.39. The molecule has 5 aliphatic rings.